The average molecular weight is 398 g/mol. The molecule has 3 aromatic heterocycles. The van der Waals surface area contributed by atoms with Crippen LogP contribution in [0, 0.1) is 0 Å². The van der Waals surface area contributed by atoms with Crippen molar-refractivity contribution >= 4 is 16.9 Å². The van der Waals surface area contributed by atoms with E-state index in [0.29, 0.717) is 18.8 Å². The van der Waals surface area contributed by atoms with Crippen molar-refractivity contribution in [2.24, 2.45) is 0 Å². The number of carbonyl (C=O) groups is 1. The standard InChI is InChI=1S/C23H22N6O/c30-22(11-15-28-16-26-17-6-1-2-8-20(17)28)29-14-5-9-21(29)18-10-13-25-23(27-18)19-7-3-4-12-24-19/h1-4,6-8,10,12-13,16,21H,5,9,11,14-15H2. The Morgan fingerprint density at radius 1 is 1.00 bits per heavy atom. The molecule has 1 aromatic carbocycles. The van der Waals surface area contributed by atoms with Crippen molar-refractivity contribution in [2.45, 2.75) is 31.8 Å². The zero-order valence-corrected chi connectivity index (χ0v) is 16.6. The SMILES string of the molecule is O=C(CCn1cnc2ccccc21)N1CCCC1c1ccnc(-c2ccccn2)n1. The number of aryl methyl sites for hydroxylation is 1. The topological polar surface area (TPSA) is 76.8 Å². The van der Waals surface area contributed by atoms with Gasteiger partial charge in [0, 0.05) is 31.9 Å². The second-order valence-corrected chi connectivity index (χ2v) is 7.44. The maximum Gasteiger partial charge on any atom is 0.224 e. The lowest BCUT2D eigenvalue weighted by Crippen LogP contribution is -2.31. The van der Waals surface area contributed by atoms with Crippen LogP contribution >= 0.6 is 0 Å². The van der Waals surface area contributed by atoms with Crippen LogP contribution in [0.1, 0.15) is 31.0 Å². The third-order valence-corrected chi connectivity index (χ3v) is 5.58. The minimum atomic E-state index is -0.0116. The molecule has 4 heterocycles. The highest BCUT2D eigenvalue weighted by molar-refractivity contribution is 5.78. The highest BCUT2D eigenvalue weighted by Crippen LogP contribution is 2.32. The van der Waals surface area contributed by atoms with Gasteiger partial charge in [-0.15, -0.1) is 0 Å². The summed E-state index contributed by atoms with van der Waals surface area (Å²) in [7, 11) is 0. The van der Waals surface area contributed by atoms with Crippen LogP contribution in [0.15, 0.2) is 67.3 Å². The molecule has 1 aliphatic heterocycles. The number of rotatable bonds is 5. The number of benzene rings is 1. The second-order valence-electron chi connectivity index (χ2n) is 7.44. The van der Waals surface area contributed by atoms with Crippen molar-refractivity contribution in [3.8, 4) is 11.5 Å². The van der Waals surface area contributed by atoms with Crippen LogP contribution in [0.5, 0.6) is 0 Å². The van der Waals surface area contributed by atoms with E-state index in [4.69, 9.17) is 4.98 Å². The Hall–Kier alpha value is -3.61. The molecule has 5 rings (SSSR count). The second kappa shape index (κ2) is 8.02. The Morgan fingerprint density at radius 3 is 2.80 bits per heavy atom. The Kier molecular flexibility index (Phi) is 4.93. The highest BCUT2D eigenvalue weighted by Gasteiger charge is 2.31. The quantitative estimate of drug-likeness (QED) is 0.513. The van der Waals surface area contributed by atoms with E-state index in [2.05, 4.69) is 15.0 Å². The Balaban J connectivity index is 1.32. The molecule has 0 saturated carbocycles. The minimum absolute atomic E-state index is 0.0116. The van der Waals surface area contributed by atoms with Gasteiger partial charge in [-0.25, -0.2) is 15.0 Å². The van der Waals surface area contributed by atoms with Crippen LogP contribution in [0.2, 0.25) is 0 Å². The van der Waals surface area contributed by atoms with Gasteiger partial charge in [0.05, 0.1) is 29.1 Å². The summed E-state index contributed by atoms with van der Waals surface area (Å²) in [6, 6.07) is 15.6. The molecule has 1 amide bonds. The van der Waals surface area contributed by atoms with Gasteiger partial charge in [0.25, 0.3) is 0 Å². The van der Waals surface area contributed by atoms with E-state index < -0.39 is 0 Å². The van der Waals surface area contributed by atoms with E-state index in [9.17, 15) is 4.79 Å². The van der Waals surface area contributed by atoms with Crippen LogP contribution in [-0.2, 0) is 11.3 Å². The number of nitrogens with zero attached hydrogens (tertiary/aromatic N) is 6. The van der Waals surface area contributed by atoms with Crippen molar-refractivity contribution in [3.63, 3.8) is 0 Å². The number of hydrogen-bond acceptors (Lipinski definition) is 5. The van der Waals surface area contributed by atoms with Crippen LogP contribution in [0.25, 0.3) is 22.6 Å². The molecule has 1 fully saturated rings. The van der Waals surface area contributed by atoms with Crippen molar-refractivity contribution in [2.75, 3.05) is 6.54 Å². The number of para-hydroxylation sites is 2. The van der Waals surface area contributed by atoms with E-state index in [1.165, 1.54) is 0 Å². The predicted octanol–water partition coefficient (Wildman–Crippen LogP) is 3.64. The van der Waals surface area contributed by atoms with Gasteiger partial charge in [0.2, 0.25) is 5.91 Å². The molecule has 0 radical (unpaired) electrons. The van der Waals surface area contributed by atoms with Crippen LogP contribution in [0.3, 0.4) is 0 Å². The van der Waals surface area contributed by atoms with E-state index in [-0.39, 0.29) is 11.9 Å². The largest absolute Gasteiger partial charge is 0.334 e. The molecule has 0 N–H and O–H groups in total. The lowest BCUT2D eigenvalue weighted by molar-refractivity contribution is -0.132. The molecule has 1 aliphatic rings. The summed E-state index contributed by atoms with van der Waals surface area (Å²) >= 11 is 0. The zero-order chi connectivity index (χ0) is 20.3. The van der Waals surface area contributed by atoms with E-state index in [0.717, 1.165) is 41.8 Å². The van der Waals surface area contributed by atoms with Gasteiger partial charge in [0.1, 0.15) is 5.69 Å². The molecule has 1 atom stereocenters. The van der Waals surface area contributed by atoms with Gasteiger partial charge in [-0.1, -0.05) is 18.2 Å². The summed E-state index contributed by atoms with van der Waals surface area (Å²) in [5.74, 6) is 0.741. The molecule has 30 heavy (non-hydrogen) atoms. The molecule has 0 spiro atoms. The third-order valence-electron chi connectivity index (χ3n) is 5.58. The monoisotopic (exact) mass is 398 g/mol. The van der Waals surface area contributed by atoms with Crippen molar-refractivity contribution in [3.05, 3.63) is 72.9 Å². The number of aromatic nitrogens is 5. The van der Waals surface area contributed by atoms with E-state index in [1.54, 1.807) is 12.4 Å². The summed E-state index contributed by atoms with van der Waals surface area (Å²) < 4.78 is 2.04. The summed E-state index contributed by atoms with van der Waals surface area (Å²) in [6.07, 6.45) is 7.63. The molecular weight excluding hydrogens is 376 g/mol. The Labute approximate surface area is 174 Å². The predicted molar refractivity (Wildman–Crippen MR) is 113 cm³/mol. The summed E-state index contributed by atoms with van der Waals surface area (Å²) in [5, 5.41) is 0. The Morgan fingerprint density at radius 2 is 1.90 bits per heavy atom. The zero-order valence-electron chi connectivity index (χ0n) is 16.6. The van der Waals surface area contributed by atoms with Crippen molar-refractivity contribution < 1.29 is 4.79 Å². The lowest BCUT2D eigenvalue weighted by Gasteiger charge is -2.24. The maximum atomic E-state index is 13.1. The van der Waals surface area contributed by atoms with Gasteiger partial charge in [-0.3, -0.25) is 9.78 Å². The van der Waals surface area contributed by atoms with E-state index >= 15 is 0 Å². The average Bonchev–Trinajstić information content (AvgIpc) is 3.46. The summed E-state index contributed by atoms with van der Waals surface area (Å²) in [5.41, 5.74) is 3.62. The fourth-order valence-corrected chi connectivity index (χ4v) is 4.10. The normalized spacial score (nSPS) is 16.3. The number of pyridine rings is 1. The first-order chi connectivity index (χ1) is 14.8. The molecule has 1 unspecified atom stereocenters. The molecule has 150 valence electrons. The molecule has 7 nitrogen and oxygen atoms in total. The van der Waals surface area contributed by atoms with Crippen LogP contribution in [-0.4, -0.2) is 41.9 Å². The summed E-state index contributed by atoms with van der Waals surface area (Å²) in [6.45, 7) is 1.38. The molecule has 0 aliphatic carbocycles. The number of fused-ring (bicyclic) bond motifs is 1. The van der Waals surface area contributed by atoms with E-state index in [1.807, 2.05) is 64.3 Å². The first-order valence-corrected chi connectivity index (χ1v) is 10.2. The molecule has 1 saturated heterocycles. The molecule has 7 heteroatoms. The first kappa shape index (κ1) is 18.4. The minimum Gasteiger partial charge on any atom is -0.334 e. The smallest absolute Gasteiger partial charge is 0.224 e. The number of carbonyl (C=O) groups excluding carboxylic acids is 1. The molecular formula is C23H22N6O. The van der Waals surface area contributed by atoms with Crippen LogP contribution in [0.4, 0.5) is 0 Å². The first-order valence-electron chi connectivity index (χ1n) is 10.2. The fraction of sp³-hybridized carbons (Fsp3) is 0.261. The van der Waals surface area contributed by atoms with Gasteiger partial charge < -0.3 is 9.47 Å². The molecule has 0 bridgehead atoms. The summed E-state index contributed by atoms with van der Waals surface area (Å²) in [4.78, 5) is 32.9. The molecule has 4 aromatic rings. The third kappa shape index (κ3) is 3.54. The number of hydrogen-bond donors (Lipinski definition) is 0. The van der Waals surface area contributed by atoms with Gasteiger partial charge >= 0.3 is 0 Å². The maximum absolute atomic E-state index is 13.1. The van der Waals surface area contributed by atoms with Crippen molar-refractivity contribution in [1.29, 1.82) is 0 Å². The van der Waals surface area contributed by atoms with Gasteiger partial charge in [-0.05, 0) is 43.2 Å². The fourth-order valence-electron chi connectivity index (χ4n) is 4.10. The lowest BCUT2D eigenvalue weighted by atomic mass is 10.1. The Bertz CT molecular complexity index is 1170. The number of likely N-dealkylation sites (tertiary alicyclic amines) is 1. The highest BCUT2D eigenvalue weighted by atomic mass is 16.2. The van der Waals surface area contributed by atoms with Gasteiger partial charge in [0.15, 0.2) is 5.82 Å². The van der Waals surface area contributed by atoms with Gasteiger partial charge in [-0.2, -0.15) is 0 Å². The van der Waals surface area contributed by atoms with Crippen LogP contribution < -0.4 is 0 Å². The van der Waals surface area contributed by atoms with Crippen molar-refractivity contribution in [1.82, 2.24) is 29.4 Å². The number of amides is 1. The number of imidazole rings is 1.